The summed E-state index contributed by atoms with van der Waals surface area (Å²) in [6.07, 6.45) is 3.01. The zero-order valence-corrected chi connectivity index (χ0v) is 12.6. The normalized spacial score (nSPS) is 23.8. The van der Waals surface area contributed by atoms with E-state index in [1.807, 2.05) is 13.8 Å². The zero-order chi connectivity index (χ0) is 10.6. The molecule has 4 heteroatoms. The molecular weight excluding hydrogens is 362 g/mol. The molecule has 3 nitrogen and oxygen atoms in total. The molecule has 0 aromatic rings. The fourth-order valence-corrected chi connectivity index (χ4v) is 2.12. The molecular formula is C11H21N2ORe-. The Morgan fingerprint density at radius 1 is 1.27 bits per heavy atom. The third kappa shape index (κ3) is 3.86. The van der Waals surface area contributed by atoms with E-state index >= 15 is 0 Å². The van der Waals surface area contributed by atoms with Crippen molar-refractivity contribution in [3.63, 3.8) is 0 Å². The molecule has 1 radical (unpaired) electrons. The van der Waals surface area contributed by atoms with Crippen LogP contribution in [0.15, 0.2) is 0 Å². The minimum atomic E-state index is 0. The van der Waals surface area contributed by atoms with Crippen LogP contribution >= 0.6 is 0 Å². The van der Waals surface area contributed by atoms with Crippen molar-refractivity contribution in [2.75, 3.05) is 26.7 Å². The standard InChI is InChI=1S/C9H16N2O.C2H6.Re/c1-11-4-2-9(3-5-11)6-8(12)10-7-9;1-2;/h2-7H2,1H3,(H,10,12);1-2H3;/p-1. The monoisotopic (exact) mass is 384 g/mol. The Hall–Kier alpha value is 0.0923. The van der Waals surface area contributed by atoms with Gasteiger partial charge in [-0.2, -0.15) is 0 Å². The number of carbonyl (C=O) groups is 1. The van der Waals surface area contributed by atoms with E-state index in [1.165, 1.54) is 0 Å². The van der Waals surface area contributed by atoms with Gasteiger partial charge in [-0.1, -0.05) is 13.8 Å². The Labute approximate surface area is 107 Å². The van der Waals surface area contributed by atoms with E-state index in [2.05, 4.69) is 17.3 Å². The summed E-state index contributed by atoms with van der Waals surface area (Å²) in [6.45, 7) is 7.05. The zero-order valence-electron chi connectivity index (χ0n) is 9.92. The average Bonchev–Trinajstić information content (AvgIpc) is 2.57. The van der Waals surface area contributed by atoms with Crippen molar-refractivity contribution in [2.45, 2.75) is 33.1 Å². The van der Waals surface area contributed by atoms with E-state index in [9.17, 15) is 4.79 Å². The molecule has 89 valence electrons. The van der Waals surface area contributed by atoms with Gasteiger partial charge in [0.15, 0.2) is 0 Å². The van der Waals surface area contributed by atoms with Gasteiger partial charge in [-0.25, -0.2) is 0 Å². The molecule has 0 N–H and O–H groups in total. The van der Waals surface area contributed by atoms with E-state index in [1.54, 1.807) is 0 Å². The molecule has 2 rings (SSSR count). The maximum absolute atomic E-state index is 11.0. The molecule has 1 amide bonds. The van der Waals surface area contributed by atoms with E-state index in [-0.39, 0.29) is 31.7 Å². The third-order valence-corrected chi connectivity index (χ3v) is 3.16. The van der Waals surface area contributed by atoms with Crippen LogP contribution in [0.5, 0.6) is 0 Å². The van der Waals surface area contributed by atoms with Crippen molar-refractivity contribution in [3.8, 4) is 0 Å². The van der Waals surface area contributed by atoms with Gasteiger partial charge in [-0.3, -0.25) is 0 Å². The van der Waals surface area contributed by atoms with E-state index in [0.29, 0.717) is 6.42 Å². The molecule has 1 spiro atoms. The minimum absolute atomic E-state index is 0. The van der Waals surface area contributed by atoms with Crippen molar-refractivity contribution in [2.24, 2.45) is 5.41 Å². The fraction of sp³-hybridized carbons (Fsp3) is 0.909. The van der Waals surface area contributed by atoms with Crippen LogP contribution in [-0.2, 0) is 25.2 Å². The van der Waals surface area contributed by atoms with Crippen LogP contribution in [0.3, 0.4) is 0 Å². The van der Waals surface area contributed by atoms with Crippen LogP contribution in [-0.4, -0.2) is 37.5 Å². The number of likely N-dealkylation sites (tertiary alicyclic amines) is 1. The van der Waals surface area contributed by atoms with Crippen molar-refractivity contribution in [1.82, 2.24) is 4.90 Å². The summed E-state index contributed by atoms with van der Waals surface area (Å²) in [6, 6.07) is 0. The molecule has 2 aliphatic heterocycles. The number of carbonyl (C=O) groups excluding carboxylic acids is 1. The van der Waals surface area contributed by atoms with Crippen molar-refractivity contribution in [1.29, 1.82) is 0 Å². The first-order valence-corrected chi connectivity index (χ1v) is 5.59. The van der Waals surface area contributed by atoms with Crippen molar-refractivity contribution in [3.05, 3.63) is 5.32 Å². The number of nitrogens with zero attached hydrogens (tertiary/aromatic N) is 2. The van der Waals surface area contributed by atoms with Crippen LogP contribution in [0, 0.1) is 5.41 Å². The van der Waals surface area contributed by atoms with Gasteiger partial charge in [0.05, 0.1) is 5.91 Å². The maximum atomic E-state index is 11.0. The van der Waals surface area contributed by atoms with Crippen molar-refractivity contribution >= 4 is 5.91 Å². The molecule has 2 heterocycles. The molecule has 2 fully saturated rings. The molecule has 0 saturated carbocycles. The van der Waals surface area contributed by atoms with Gasteiger partial charge in [0.25, 0.3) is 0 Å². The quantitative estimate of drug-likeness (QED) is 0.642. The van der Waals surface area contributed by atoms with E-state index in [0.717, 1.165) is 32.5 Å². The van der Waals surface area contributed by atoms with Gasteiger partial charge < -0.3 is 15.0 Å². The minimum Gasteiger partial charge on any atom is -0.653 e. The fourth-order valence-electron chi connectivity index (χ4n) is 2.12. The van der Waals surface area contributed by atoms with Gasteiger partial charge in [-0.15, -0.1) is 6.54 Å². The number of rotatable bonds is 0. The summed E-state index contributed by atoms with van der Waals surface area (Å²) in [4.78, 5) is 13.3. The Morgan fingerprint density at radius 3 is 2.20 bits per heavy atom. The predicted molar refractivity (Wildman–Crippen MR) is 58.4 cm³/mol. The molecule has 0 aliphatic carbocycles. The number of amides is 1. The van der Waals surface area contributed by atoms with Crippen LogP contribution in [0.2, 0.25) is 0 Å². The Bertz CT molecular complexity index is 201. The average molecular weight is 384 g/mol. The first-order chi connectivity index (χ1) is 6.70. The van der Waals surface area contributed by atoms with Gasteiger partial charge in [0.2, 0.25) is 0 Å². The number of hydrogen-bond acceptors (Lipinski definition) is 2. The molecule has 0 aromatic carbocycles. The molecule has 2 saturated heterocycles. The van der Waals surface area contributed by atoms with Gasteiger partial charge in [0, 0.05) is 20.4 Å². The van der Waals surface area contributed by atoms with E-state index < -0.39 is 0 Å². The molecule has 0 atom stereocenters. The molecule has 15 heavy (non-hydrogen) atoms. The largest absolute Gasteiger partial charge is 0.653 e. The molecule has 0 unspecified atom stereocenters. The second-order valence-electron chi connectivity index (χ2n) is 4.19. The summed E-state index contributed by atoms with van der Waals surface area (Å²) < 4.78 is 0. The van der Waals surface area contributed by atoms with Crippen LogP contribution < -0.4 is 0 Å². The maximum Gasteiger partial charge on any atom is 0.0516 e. The van der Waals surface area contributed by atoms with Gasteiger partial charge in [-0.05, 0) is 44.8 Å². The first kappa shape index (κ1) is 15.1. The number of hydrogen-bond donors (Lipinski definition) is 0. The van der Waals surface area contributed by atoms with Crippen LogP contribution in [0.4, 0.5) is 0 Å². The summed E-state index contributed by atoms with van der Waals surface area (Å²) >= 11 is 0. The summed E-state index contributed by atoms with van der Waals surface area (Å²) in [7, 11) is 2.14. The molecule has 0 bridgehead atoms. The summed E-state index contributed by atoms with van der Waals surface area (Å²) in [5, 5.41) is 3.98. The molecule has 2 aliphatic rings. The smallest absolute Gasteiger partial charge is 0.0516 e. The van der Waals surface area contributed by atoms with Gasteiger partial charge in [0.1, 0.15) is 0 Å². The topological polar surface area (TPSA) is 34.4 Å². The Kier molecular flexibility index (Phi) is 6.67. The molecule has 0 aromatic heterocycles. The van der Waals surface area contributed by atoms with Crippen molar-refractivity contribution < 1.29 is 25.2 Å². The number of piperidine rings is 1. The van der Waals surface area contributed by atoms with E-state index in [4.69, 9.17) is 0 Å². The summed E-state index contributed by atoms with van der Waals surface area (Å²) in [5.41, 5.74) is 0.267. The van der Waals surface area contributed by atoms with Crippen LogP contribution in [0.25, 0.3) is 5.32 Å². The second kappa shape index (κ2) is 6.63. The SMILES string of the molecule is CC.CN1CCC2(CC1)C[N-]C(=O)C2.[Re]. The van der Waals surface area contributed by atoms with Crippen LogP contribution in [0.1, 0.15) is 33.1 Å². The Morgan fingerprint density at radius 2 is 1.80 bits per heavy atom. The van der Waals surface area contributed by atoms with Gasteiger partial charge >= 0.3 is 0 Å². The predicted octanol–water partition coefficient (Wildman–Crippen LogP) is 2.03. The second-order valence-corrected chi connectivity index (χ2v) is 4.19. The summed E-state index contributed by atoms with van der Waals surface area (Å²) in [5.74, 6) is 0.125. The first-order valence-electron chi connectivity index (χ1n) is 5.59. The third-order valence-electron chi connectivity index (χ3n) is 3.16. The Balaban J connectivity index is 0.000000617.